The summed E-state index contributed by atoms with van der Waals surface area (Å²) in [6, 6.07) is 11.2. The molecule has 4 nitrogen and oxygen atoms in total. The molecule has 1 aromatic carbocycles. The van der Waals surface area contributed by atoms with Crippen LogP contribution in [-0.4, -0.2) is 33.8 Å². The van der Waals surface area contributed by atoms with Crippen molar-refractivity contribution < 1.29 is 0 Å². The number of nitrogens with one attached hydrogen (secondary N) is 1. The fraction of sp³-hybridized carbons (Fsp3) is 0.421. The number of benzene rings is 1. The molecule has 0 bridgehead atoms. The first-order valence-corrected chi connectivity index (χ1v) is 8.57. The zero-order valence-corrected chi connectivity index (χ0v) is 13.5. The third-order valence-electron chi connectivity index (χ3n) is 4.74. The molecule has 1 aromatic heterocycles. The molecule has 4 rings (SSSR count). The van der Waals surface area contributed by atoms with E-state index in [1.807, 2.05) is 6.08 Å². The summed E-state index contributed by atoms with van der Waals surface area (Å²) in [5, 5.41) is 8.58. The molecule has 23 heavy (non-hydrogen) atoms. The predicted octanol–water partition coefficient (Wildman–Crippen LogP) is 2.67. The zero-order chi connectivity index (χ0) is 15.6. The van der Waals surface area contributed by atoms with Gasteiger partial charge in [0.25, 0.3) is 0 Å². The van der Waals surface area contributed by atoms with Crippen molar-refractivity contribution in [1.29, 1.82) is 0 Å². The quantitative estimate of drug-likeness (QED) is 0.833. The maximum absolute atomic E-state index is 4.96. The molecule has 0 saturated heterocycles. The number of nitrogens with zero attached hydrogens (tertiary/aromatic N) is 3. The second-order valence-corrected chi connectivity index (χ2v) is 6.55. The van der Waals surface area contributed by atoms with E-state index in [-0.39, 0.29) is 0 Å². The van der Waals surface area contributed by atoms with Gasteiger partial charge in [-0.3, -0.25) is 4.90 Å². The maximum Gasteiger partial charge on any atom is 0.0814 e. The second kappa shape index (κ2) is 6.30. The van der Waals surface area contributed by atoms with Crippen LogP contribution < -0.4 is 5.32 Å². The molecule has 2 aliphatic rings. The normalized spacial score (nSPS) is 17.9. The van der Waals surface area contributed by atoms with Crippen LogP contribution in [0.3, 0.4) is 0 Å². The van der Waals surface area contributed by atoms with Crippen molar-refractivity contribution in [3.63, 3.8) is 0 Å². The summed E-state index contributed by atoms with van der Waals surface area (Å²) < 4.78 is 2.16. The number of rotatable bonds is 6. The third-order valence-corrected chi connectivity index (χ3v) is 4.74. The van der Waals surface area contributed by atoms with Crippen LogP contribution in [0.1, 0.15) is 29.8 Å². The minimum Gasteiger partial charge on any atom is -0.308 e. The van der Waals surface area contributed by atoms with Gasteiger partial charge in [0.2, 0.25) is 0 Å². The Kier molecular flexibility index (Phi) is 4.02. The van der Waals surface area contributed by atoms with Crippen LogP contribution in [0.25, 0.3) is 5.69 Å². The molecule has 4 heteroatoms. The fourth-order valence-corrected chi connectivity index (χ4v) is 3.33. The Morgan fingerprint density at radius 3 is 2.83 bits per heavy atom. The largest absolute Gasteiger partial charge is 0.308 e. The van der Waals surface area contributed by atoms with Crippen LogP contribution in [0.15, 0.2) is 43.0 Å². The summed E-state index contributed by atoms with van der Waals surface area (Å²) in [4.78, 5) is 2.45. The first kappa shape index (κ1) is 14.7. The van der Waals surface area contributed by atoms with Crippen molar-refractivity contribution in [2.75, 3.05) is 13.1 Å². The highest BCUT2D eigenvalue weighted by atomic mass is 15.3. The summed E-state index contributed by atoms with van der Waals surface area (Å²) >= 11 is 0. The molecular weight excluding hydrogens is 284 g/mol. The maximum atomic E-state index is 4.96. The molecule has 1 N–H and O–H groups in total. The van der Waals surface area contributed by atoms with E-state index in [1.165, 1.54) is 35.5 Å². The van der Waals surface area contributed by atoms with Crippen molar-refractivity contribution in [1.82, 2.24) is 20.0 Å². The van der Waals surface area contributed by atoms with Crippen molar-refractivity contribution in [3.05, 3.63) is 59.9 Å². The molecule has 1 saturated carbocycles. The van der Waals surface area contributed by atoms with E-state index in [0.717, 1.165) is 32.6 Å². The lowest BCUT2D eigenvalue weighted by atomic mass is 10.0. The Balaban J connectivity index is 1.67. The van der Waals surface area contributed by atoms with E-state index in [9.17, 15) is 0 Å². The molecule has 0 unspecified atom stereocenters. The van der Waals surface area contributed by atoms with E-state index in [2.05, 4.69) is 51.8 Å². The van der Waals surface area contributed by atoms with Crippen molar-refractivity contribution in [3.8, 4) is 5.69 Å². The van der Waals surface area contributed by atoms with Gasteiger partial charge in [0.05, 0.1) is 17.1 Å². The van der Waals surface area contributed by atoms with Gasteiger partial charge in [-0.05, 0) is 25.0 Å². The summed E-state index contributed by atoms with van der Waals surface area (Å²) in [5.41, 5.74) is 5.17. The van der Waals surface area contributed by atoms with E-state index >= 15 is 0 Å². The number of hydrogen-bond acceptors (Lipinski definition) is 3. The molecule has 2 heterocycles. The Bertz CT molecular complexity index is 685. The smallest absolute Gasteiger partial charge is 0.0814 e. The number of hydrogen-bond donors (Lipinski definition) is 1. The first-order valence-electron chi connectivity index (χ1n) is 8.57. The van der Waals surface area contributed by atoms with E-state index in [4.69, 9.17) is 5.10 Å². The monoisotopic (exact) mass is 308 g/mol. The number of fused-ring (bicyclic) bond motifs is 1. The zero-order valence-electron chi connectivity index (χ0n) is 13.5. The highest BCUT2D eigenvalue weighted by Gasteiger charge is 2.26. The summed E-state index contributed by atoms with van der Waals surface area (Å²) in [6.07, 6.45) is 5.66. The number of aromatic nitrogens is 2. The molecule has 1 aliphatic heterocycles. The molecule has 1 fully saturated rings. The van der Waals surface area contributed by atoms with Crippen LogP contribution in [0, 0.1) is 0 Å². The van der Waals surface area contributed by atoms with Gasteiger partial charge in [0.1, 0.15) is 0 Å². The molecule has 120 valence electrons. The lowest BCUT2D eigenvalue weighted by Crippen LogP contribution is -2.31. The number of para-hydroxylation sites is 1. The van der Waals surface area contributed by atoms with Crippen LogP contribution in [0.5, 0.6) is 0 Å². The third kappa shape index (κ3) is 3.09. The van der Waals surface area contributed by atoms with Crippen LogP contribution >= 0.6 is 0 Å². The van der Waals surface area contributed by atoms with Crippen molar-refractivity contribution >= 4 is 0 Å². The van der Waals surface area contributed by atoms with Gasteiger partial charge in [-0.2, -0.15) is 5.10 Å². The van der Waals surface area contributed by atoms with E-state index in [1.54, 1.807) is 0 Å². The Hall–Kier alpha value is -1.91. The lowest BCUT2D eigenvalue weighted by molar-refractivity contribution is 0.278. The van der Waals surface area contributed by atoms with Gasteiger partial charge in [-0.1, -0.05) is 24.3 Å². The second-order valence-electron chi connectivity index (χ2n) is 6.55. The lowest BCUT2D eigenvalue weighted by Gasteiger charge is -2.26. The molecule has 0 radical (unpaired) electrons. The average Bonchev–Trinajstić information content (AvgIpc) is 3.35. The molecule has 2 aromatic rings. The SMILES string of the molecule is C=CCN1CCc2c(c(CNC3CC3)nn2-c2ccccc2)C1. The Morgan fingerprint density at radius 2 is 2.09 bits per heavy atom. The van der Waals surface area contributed by atoms with Crippen LogP contribution in [0.2, 0.25) is 0 Å². The van der Waals surface area contributed by atoms with Crippen molar-refractivity contribution in [2.24, 2.45) is 0 Å². The summed E-state index contributed by atoms with van der Waals surface area (Å²) in [6.45, 7) is 7.77. The van der Waals surface area contributed by atoms with E-state index in [0.29, 0.717) is 6.04 Å². The van der Waals surface area contributed by atoms with Gasteiger partial charge < -0.3 is 5.32 Å². The van der Waals surface area contributed by atoms with Crippen LogP contribution in [-0.2, 0) is 19.5 Å². The van der Waals surface area contributed by atoms with Gasteiger partial charge >= 0.3 is 0 Å². The van der Waals surface area contributed by atoms with E-state index < -0.39 is 0 Å². The van der Waals surface area contributed by atoms with Crippen molar-refractivity contribution in [2.45, 2.75) is 38.4 Å². The van der Waals surface area contributed by atoms with Gasteiger partial charge in [0.15, 0.2) is 0 Å². The topological polar surface area (TPSA) is 33.1 Å². The molecule has 0 atom stereocenters. The molecular formula is C19H24N4. The molecule has 1 aliphatic carbocycles. The van der Waals surface area contributed by atoms with Gasteiger partial charge in [0, 0.05) is 44.2 Å². The minimum atomic E-state index is 0.709. The average molecular weight is 308 g/mol. The first-order chi connectivity index (χ1) is 11.3. The predicted molar refractivity (Wildman–Crippen MR) is 92.6 cm³/mol. The standard InChI is InChI=1S/C19H24N4/c1-2-11-22-12-10-19-17(14-22)18(13-20-15-8-9-15)21-23(19)16-6-4-3-5-7-16/h2-7,15,20H,1,8-14H2. The summed E-state index contributed by atoms with van der Waals surface area (Å²) in [7, 11) is 0. The molecule has 0 amide bonds. The summed E-state index contributed by atoms with van der Waals surface area (Å²) in [5.74, 6) is 0. The molecule has 0 spiro atoms. The Morgan fingerprint density at radius 1 is 1.26 bits per heavy atom. The highest BCUT2D eigenvalue weighted by Crippen LogP contribution is 2.26. The van der Waals surface area contributed by atoms with Gasteiger partial charge in [-0.25, -0.2) is 4.68 Å². The fourth-order valence-electron chi connectivity index (χ4n) is 3.33. The Labute approximate surface area is 137 Å². The minimum absolute atomic E-state index is 0.709. The van der Waals surface area contributed by atoms with Gasteiger partial charge in [-0.15, -0.1) is 6.58 Å². The van der Waals surface area contributed by atoms with Crippen LogP contribution in [0.4, 0.5) is 0 Å². The highest BCUT2D eigenvalue weighted by molar-refractivity contribution is 5.39.